The van der Waals surface area contributed by atoms with E-state index in [-0.39, 0.29) is 6.03 Å². The fourth-order valence-corrected chi connectivity index (χ4v) is 2.22. The summed E-state index contributed by atoms with van der Waals surface area (Å²) in [4.78, 5) is 11.9. The number of rotatable bonds is 8. The average Bonchev–Trinajstić information content (AvgIpc) is 2.59. The van der Waals surface area contributed by atoms with Gasteiger partial charge in [-0.05, 0) is 62.2 Å². The van der Waals surface area contributed by atoms with E-state index < -0.39 is 0 Å². The Morgan fingerprint density at radius 3 is 1.96 bits per heavy atom. The van der Waals surface area contributed by atoms with Gasteiger partial charge in [0.1, 0.15) is 11.5 Å². The van der Waals surface area contributed by atoms with Crippen molar-refractivity contribution in [2.75, 3.05) is 25.1 Å². The van der Waals surface area contributed by atoms with E-state index in [1.54, 1.807) is 0 Å². The molecule has 0 spiro atoms. The van der Waals surface area contributed by atoms with Crippen LogP contribution in [-0.2, 0) is 6.42 Å². The number of nitrogens with one attached hydrogen (secondary N) is 2. The standard InChI is InChI=1S/C19H24N2O3/c1-3-23-17-9-5-15(6-10-17)13-14-20-19(22)21-16-7-11-18(12-8-16)24-4-2/h5-12H,3-4,13-14H2,1-2H3,(H2,20,21,22). The molecule has 0 saturated carbocycles. The molecule has 0 bridgehead atoms. The maximum Gasteiger partial charge on any atom is 0.319 e. The van der Waals surface area contributed by atoms with Gasteiger partial charge in [-0.15, -0.1) is 0 Å². The lowest BCUT2D eigenvalue weighted by Gasteiger charge is -2.09. The molecule has 2 amide bonds. The Labute approximate surface area is 143 Å². The summed E-state index contributed by atoms with van der Waals surface area (Å²) >= 11 is 0. The minimum atomic E-state index is -0.218. The molecule has 0 heterocycles. The summed E-state index contributed by atoms with van der Waals surface area (Å²) in [6.45, 7) is 5.74. The second kappa shape index (κ2) is 9.45. The summed E-state index contributed by atoms with van der Waals surface area (Å²) in [5.41, 5.74) is 1.89. The van der Waals surface area contributed by atoms with Crippen LogP contribution in [0.15, 0.2) is 48.5 Å². The fourth-order valence-electron chi connectivity index (χ4n) is 2.22. The van der Waals surface area contributed by atoms with Gasteiger partial charge in [-0.25, -0.2) is 4.79 Å². The van der Waals surface area contributed by atoms with Gasteiger partial charge in [0.25, 0.3) is 0 Å². The van der Waals surface area contributed by atoms with Crippen molar-refractivity contribution in [3.8, 4) is 11.5 Å². The summed E-state index contributed by atoms with van der Waals surface area (Å²) in [5.74, 6) is 1.65. The number of amides is 2. The van der Waals surface area contributed by atoms with Crippen molar-refractivity contribution in [3.63, 3.8) is 0 Å². The normalized spacial score (nSPS) is 10.1. The molecule has 0 unspecified atom stereocenters. The highest BCUT2D eigenvalue weighted by Crippen LogP contribution is 2.15. The summed E-state index contributed by atoms with van der Waals surface area (Å²) < 4.78 is 10.8. The number of hydrogen-bond donors (Lipinski definition) is 2. The number of hydrogen-bond acceptors (Lipinski definition) is 3. The molecule has 0 aliphatic carbocycles. The quantitative estimate of drug-likeness (QED) is 0.774. The van der Waals surface area contributed by atoms with Crippen LogP contribution in [-0.4, -0.2) is 25.8 Å². The molecule has 2 rings (SSSR count). The predicted octanol–water partition coefficient (Wildman–Crippen LogP) is 3.85. The summed E-state index contributed by atoms with van der Waals surface area (Å²) in [6.07, 6.45) is 0.767. The van der Waals surface area contributed by atoms with Gasteiger partial charge >= 0.3 is 6.03 Å². The van der Waals surface area contributed by atoms with Gasteiger partial charge < -0.3 is 20.1 Å². The lowest BCUT2D eigenvalue weighted by atomic mass is 10.1. The number of ether oxygens (including phenoxy) is 2. The Bertz CT molecular complexity index is 624. The Balaban J connectivity index is 1.72. The fraction of sp³-hybridized carbons (Fsp3) is 0.316. The molecule has 2 aromatic carbocycles. The number of carbonyl (C=O) groups is 1. The highest BCUT2D eigenvalue weighted by atomic mass is 16.5. The molecule has 0 aliphatic heterocycles. The van der Waals surface area contributed by atoms with E-state index in [4.69, 9.17) is 9.47 Å². The molecular formula is C19H24N2O3. The van der Waals surface area contributed by atoms with Gasteiger partial charge in [-0.3, -0.25) is 0 Å². The largest absolute Gasteiger partial charge is 0.494 e. The average molecular weight is 328 g/mol. The van der Waals surface area contributed by atoms with E-state index in [9.17, 15) is 4.79 Å². The van der Waals surface area contributed by atoms with Gasteiger partial charge in [0.05, 0.1) is 13.2 Å². The van der Waals surface area contributed by atoms with Gasteiger partial charge in [0.15, 0.2) is 0 Å². The maximum atomic E-state index is 11.9. The van der Waals surface area contributed by atoms with Crippen LogP contribution in [0.2, 0.25) is 0 Å². The Kier molecular flexibility index (Phi) is 6.95. The number of carbonyl (C=O) groups excluding carboxylic acids is 1. The van der Waals surface area contributed by atoms with E-state index >= 15 is 0 Å². The SMILES string of the molecule is CCOc1ccc(CCNC(=O)Nc2ccc(OCC)cc2)cc1. The van der Waals surface area contributed by atoms with Crippen LogP contribution in [0.25, 0.3) is 0 Å². The number of urea groups is 1. The van der Waals surface area contributed by atoms with E-state index in [2.05, 4.69) is 10.6 Å². The van der Waals surface area contributed by atoms with Crippen molar-refractivity contribution in [2.24, 2.45) is 0 Å². The highest BCUT2D eigenvalue weighted by molar-refractivity contribution is 5.89. The van der Waals surface area contributed by atoms with E-state index in [0.717, 1.165) is 29.2 Å². The molecule has 2 N–H and O–H groups in total. The van der Waals surface area contributed by atoms with Crippen molar-refractivity contribution < 1.29 is 14.3 Å². The zero-order valence-electron chi connectivity index (χ0n) is 14.2. The molecule has 5 heteroatoms. The first-order chi connectivity index (χ1) is 11.7. The summed E-state index contributed by atoms with van der Waals surface area (Å²) in [7, 11) is 0. The van der Waals surface area contributed by atoms with Gasteiger partial charge in [-0.2, -0.15) is 0 Å². The van der Waals surface area contributed by atoms with Crippen LogP contribution >= 0.6 is 0 Å². The van der Waals surface area contributed by atoms with Crippen LogP contribution in [0.3, 0.4) is 0 Å². The molecule has 0 aromatic heterocycles. The van der Waals surface area contributed by atoms with Crippen molar-refractivity contribution in [3.05, 3.63) is 54.1 Å². The Hall–Kier alpha value is -2.69. The molecule has 128 valence electrons. The van der Waals surface area contributed by atoms with Crippen LogP contribution in [0.4, 0.5) is 10.5 Å². The molecule has 0 atom stereocenters. The maximum absolute atomic E-state index is 11.9. The second-order valence-corrected chi connectivity index (χ2v) is 5.17. The van der Waals surface area contributed by atoms with Crippen LogP contribution < -0.4 is 20.1 Å². The van der Waals surface area contributed by atoms with Crippen molar-refractivity contribution >= 4 is 11.7 Å². The van der Waals surface area contributed by atoms with Gasteiger partial charge in [-0.1, -0.05) is 12.1 Å². The van der Waals surface area contributed by atoms with Crippen molar-refractivity contribution in [2.45, 2.75) is 20.3 Å². The van der Waals surface area contributed by atoms with Gasteiger partial charge in [0.2, 0.25) is 0 Å². The third-order valence-electron chi connectivity index (χ3n) is 3.36. The van der Waals surface area contributed by atoms with Crippen LogP contribution in [0, 0.1) is 0 Å². The van der Waals surface area contributed by atoms with Crippen LogP contribution in [0.1, 0.15) is 19.4 Å². The lowest BCUT2D eigenvalue weighted by molar-refractivity contribution is 0.252. The minimum Gasteiger partial charge on any atom is -0.494 e. The number of benzene rings is 2. The van der Waals surface area contributed by atoms with E-state index in [1.807, 2.05) is 62.4 Å². The molecule has 2 aromatic rings. The number of anilines is 1. The third-order valence-corrected chi connectivity index (χ3v) is 3.36. The summed E-state index contributed by atoms with van der Waals surface area (Å²) in [5, 5.41) is 5.64. The molecule has 0 aliphatic rings. The first-order valence-electron chi connectivity index (χ1n) is 8.20. The second-order valence-electron chi connectivity index (χ2n) is 5.17. The Morgan fingerprint density at radius 1 is 0.875 bits per heavy atom. The zero-order chi connectivity index (χ0) is 17.2. The smallest absolute Gasteiger partial charge is 0.319 e. The Morgan fingerprint density at radius 2 is 1.42 bits per heavy atom. The molecule has 5 nitrogen and oxygen atoms in total. The third kappa shape index (κ3) is 5.83. The first kappa shape index (κ1) is 17.7. The molecule has 0 radical (unpaired) electrons. The highest BCUT2D eigenvalue weighted by Gasteiger charge is 2.02. The minimum absolute atomic E-state index is 0.218. The monoisotopic (exact) mass is 328 g/mol. The molecule has 0 fully saturated rings. The zero-order valence-corrected chi connectivity index (χ0v) is 14.2. The summed E-state index contributed by atoms with van der Waals surface area (Å²) in [6, 6.07) is 15.0. The lowest BCUT2D eigenvalue weighted by Crippen LogP contribution is -2.30. The molecular weight excluding hydrogens is 304 g/mol. The van der Waals surface area contributed by atoms with Gasteiger partial charge in [0, 0.05) is 12.2 Å². The predicted molar refractivity (Wildman–Crippen MR) is 95.9 cm³/mol. The molecule has 24 heavy (non-hydrogen) atoms. The first-order valence-corrected chi connectivity index (χ1v) is 8.20. The van der Waals surface area contributed by atoms with Crippen LogP contribution in [0.5, 0.6) is 11.5 Å². The van der Waals surface area contributed by atoms with Crippen molar-refractivity contribution in [1.29, 1.82) is 0 Å². The van der Waals surface area contributed by atoms with Crippen molar-refractivity contribution in [1.82, 2.24) is 5.32 Å². The van der Waals surface area contributed by atoms with E-state index in [1.165, 1.54) is 0 Å². The molecule has 0 saturated heterocycles. The van der Waals surface area contributed by atoms with E-state index in [0.29, 0.717) is 19.8 Å². The topological polar surface area (TPSA) is 59.6 Å².